The number of rotatable bonds is 6. The van der Waals surface area contributed by atoms with E-state index in [2.05, 4.69) is 9.82 Å². The van der Waals surface area contributed by atoms with Crippen molar-refractivity contribution in [2.24, 2.45) is 0 Å². The first-order valence-electron chi connectivity index (χ1n) is 6.63. The second-order valence-corrected chi connectivity index (χ2v) is 6.86. The lowest BCUT2D eigenvalue weighted by Crippen LogP contribution is -2.14. The molecule has 2 aromatic rings. The molecular weight excluding hydrogens is 290 g/mol. The lowest BCUT2D eigenvalue weighted by molar-refractivity contribution is 0.282. The molecule has 114 valence electrons. The highest BCUT2D eigenvalue weighted by Crippen LogP contribution is 2.14. The van der Waals surface area contributed by atoms with Gasteiger partial charge in [-0.2, -0.15) is 5.10 Å². The summed E-state index contributed by atoms with van der Waals surface area (Å²) in [6, 6.07) is 6.99. The Morgan fingerprint density at radius 2 is 1.86 bits per heavy atom. The average Bonchev–Trinajstić information content (AvgIpc) is 2.87. The third-order valence-electron chi connectivity index (χ3n) is 2.97. The van der Waals surface area contributed by atoms with E-state index in [-0.39, 0.29) is 18.4 Å². The molecule has 0 radical (unpaired) electrons. The highest BCUT2D eigenvalue weighted by Gasteiger charge is 2.13. The van der Waals surface area contributed by atoms with Gasteiger partial charge in [0.25, 0.3) is 0 Å². The fourth-order valence-electron chi connectivity index (χ4n) is 1.85. The molecule has 0 bridgehead atoms. The van der Waals surface area contributed by atoms with E-state index in [1.807, 2.05) is 13.8 Å². The van der Waals surface area contributed by atoms with Gasteiger partial charge in [-0.15, -0.1) is 0 Å². The van der Waals surface area contributed by atoms with Crippen molar-refractivity contribution < 1.29 is 13.5 Å². The Balaban J connectivity index is 2.06. The molecule has 0 spiro atoms. The van der Waals surface area contributed by atoms with Gasteiger partial charge in [0.15, 0.2) is 0 Å². The summed E-state index contributed by atoms with van der Waals surface area (Å²) in [6.07, 6.45) is 3.16. The number of aliphatic hydroxyl groups is 1. The smallest absolute Gasteiger partial charge is 0.237 e. The fourth-order valence-corrected chi connectivity index (χ4v) is 3.02. The number of hydrogen-bond donors (Lipinski definition) is 2. The van der Waals surface area contributed by atoms with Crippen LogP contribution in [0.3, 0.4) is 0 Å². The summed E-state index contributed by atoms with van der Waals surface area (Å²) in [6.45, 7) is 3.88. The van der Waals surface area contributed by atoms with E-state index in [0.717, 1.165) is 5.56 Å². The molecule has 0 amide bonds. The van der Waals surface area contributed by atoms with Gasteiger partial charge >= 0.3 is 0 Å². The fraction of sp³-hybridized carbons (Fsp3) is 0.357. The summed E-state index contributed by atoms with van der Waals surface area (Å²) in [5.41, 5.74) is 1.87. The number of hydrogen-bond acceptors (Lipinski definition) is 4. The lowest BCUT2D eigenvalue weighted by Gasteiger charge is -2.07. The van der Waals surface area contributed by atoms with E-state index in [0.29, 0.717) is 11.3 Å². The van der Waals surface area contributed by atoms with E-state index in [1.165, 1.54) is 6.20 Å². The summed E-state index contributed by atoms with van der Waals surface area (Å²) in [4.78, 5) is 0. The van der Waals surface area contributed by atoms with Crippen LogP contribution >= 0.6 is 0 Å². The molecule has 0 aliphatic carbocycles. The van der Waals surface area contributed by atoms with Crippen molar-refractivity contribution in [3.63, 3.8) is 0 Å². The molecule has 0 unspecified atom stereocenters. The van der Waals surface area contributed by atoms with Gasteiger partial charge in [0.2, 0.25) is 10.0 Å². The number of anilines is 1. The second-order valence-electron chi connectivity index (χ2n) is 5.14. The van der Waals surface area contributed by atoms with Gasteiger partial charge in [-0.05, 0) is 25.0 Å². The van der Waals surface area contributed by atoms with E-state index in [4.69, 9.17) is 5.11 Å². The van der Waals surface area contributed by atoms with Crippen molar-refractivity contribution in [2.75, 3.05) is 4.72 Å². The Morgan fingerprint density at radius 3 is 2.38 bits per heavy atom. The summed E-state index contributed by atoms with van der Waals surface area (Å²) >= 11 is 0. The number of aliphatic hydroxyl groups excluding tert-OH is 1. The first kappa shape index (κ1) is 15.5. The molecule has 0 aliphatic heterocycles. The van der Waals surface area contributed by atoms with Crippen LogP contribution in [0.25, 0.3) is 0 Å². The molecule has 0 saturated heterocycles. The molecule has 7 heteroatoms. The summed E-state index contributed by atoms with van der Waals surface area (Å²) in [5, 5.41) is 13.1. The van der Waals surface area contributed by atoms with Crippen LogP contribution in [0, 0.1) is 0 Å². The van der Waals surface area contributed by atoms with Gasteiger partial charge in [0.1, 0.15) is 0 Å². The highest BCUT2D eigenvalue weighted by atomic mass is 32.2. The zero-order valence-electron chi connectivity index (χ0n) is 12.0. The molecule has 6 nitrogen and oxygen atoms in total. The monoisotopic (exact) mass is 309 g/mol. The van der Waals surface area contributed by atoms with Crippen LogP contribution in [-0.2, 0) is 22.4 Å². The average molecular weight is 309 g/mol. The van der Waals surface area contributed by atoms with Crippen LogP contribution < -0.4 is 4.72 Å². The molecule has 1 aromatic carbocycles. The molecule has 0 aliphatic rings. The van der Waals surface area contributed by atoms with E-state index >= 15 is 0 Å². The largest absolute Gasteiger partial charge is 0.392 e. The second kappa shape index (κ2) is 6.28. The number of sulfonamides is 1. The normalized spacial score (nSPS) is 11.8. The Kier molecular flexibility index (Phi) is 4.64. The maximum atomic E-state index is 12.1. The van der Waals surface area contributed by atoms with Crippen molar-refractivity contribution in [1.82, 2.24) is 9.78 Å². The highest BCUT2D eigenvalue weighted by molar-refractivity contribution is 7.91. The predicted molar refractivity (Wildman–Crippen MR) is 81.2 cm³/mol. The van der Waals surface area contributed by atoms with Gasteiger partial charge < -0.3 is 5.11 Å². The molecule has 1 aromatic heterocycles. The van der Waals surface area contributed by atoms with Gasteiger partial charge in [-0.3, -0.25) is 9.40 Å². The van der Waals surface area contributed by atoms with Crippen LogP contribution in [0.15, 0.2) is 36.7 Å². The lowest BCUT2D eigenvalue weighted by atomic mass is 10.2. The Labute approximate surface area is 124 Å². The summed E-state index contributed by atoms with van der Waals surface area (Å²) < 4.78 is 28.4. The van der Waals surface area contributed by atoms with Gasteiger partial charge in [0.05, 0.1) is 24.2 Å². The molecule has 0 atom stereocenters. The number of nitrogens with one attached hydrogen (secondary N) is 1. The van der Waals surface area contributed by atoms with Crippen molar-refractivity contribution in [2.45, 2.75) is 32.2 Å². The van der Waals surface area contributed by atoms with Crippen LogP contribution in [-0.4, -0.2) is 23.3 Å². The maximum Gasteiger partial charge on any atom is 0.237 e. The summed E-state index contributed by atoms with van der Waals surface area (Å²) in [7, 11) is -3.49. The number of nitrogens with zero attached hydrogens (tertiary/aromatic N) is 2. The molecule has 2 rings (SSSR count). The Morgan fingerprint density at radius 1 is 1.24 bits per heavy atom. The maximum absolute atomic E-state index is 12.1. The van der Waals surface area contributed by atoms with Crippen LogP contribution in [0.2, 0.25) is 0 Å². The van der Waals surface area contributed by atoms with Crippen LogP contribution in [0.1, 0.15) is 31.0 Å². The summed E-state index contributed by atoms with van der Waals surface area (Å²) in [5.74, 6) is -0.119. The molecule has 21 heavy (non-hydrogen) atoms. The third kappa shape index (κ3) is 4.30. The van der Waals surface area contributed by atoms with Crippen LogP contribution in [0.5, 0.6) is 0 Å². The van der Waals surface area contributed by atoms with Crippen LogP contribution in [0.4, 0.5) is 5.69 Å². The quantitative estimate of drug-likeness (QED) is 0.853. The van der Waals surface area contributed by atoms with Crippen molar-refractivity contribution in [3.05, 3.63) is 47.8 Å². The first-order chi connectivity index (χ1) is 9.89. The minimum absolute atomic E-state index is 0.0559. The van der Waals surface area contributed by atoms with Gasteiger partial charge in [0, 0.05) is 12.2 Å². The third-order valence-corrected chi connectivity index (χ3v) is 4.23. The molecule has 0 fully saturated rings. The van der Waals surface area contributed by atoms with E-state index in [1.54, 1.807) is 35.1 Å². The zero-order chi connectivity index (χ0) is 15.5. The molecule has 1 heterocycles. The SMILES string of the molecule is CC(C)n1cc(NS(=O)(=O)Cc2ccc(CO)cc2)cn1. The Bertz CT molecular complexity index is 691. The minimum Gasteiger partial charge on any atom is -0.392 e. The molecule has 0 saturated carbocycles. The Hall–Kier alpha value is -1.86. The number of benzene rings is 1. The van der Waals surface area contributed by atoms with Gasteiger partial charge in [-0.25, -0.2) is 8.42 Å². The van der Waals surface area contributed by atoms with Crippen molar-refractivity contribution in [3.8, 4) is 0 Å². The predicted octanol–water partition coefficient (Wildman–Crippen LogP) is 1.90. The van der Waals surface area contributed by atoms with Gasteiger partial charge in [-0.1, -0.05) is 24.3 Å². The zero-order valence-corrected chi connectivity index (χ0v) is 12.8. The van der Waals surface area contributed by atoms with E-state index in [9.17, 15) is 8.42 Å². The standard InChI is InChI=1S/C14H19N3O3S/c1-11(2)17-8-14(7-15-17)16-21(19,20)10-13-5-3-12(9-18)4-6-13/h3-8,11,16,18H,9-10H2,1-2H3. The first-order valence-corrected chi connectivity index (χ1v) is 8.28. The topological polar surface area (TPSA) is 84.2 Å². The van der Waals surface area contributed by atoms with Crippen molar-refractivity contribution in [1.29, 1.82) is 0 Å². The molecular formula is C14H19N3O3S. The number of aromatic nitrogens is 2. The van der Waals surface area contributed by atoms with E-state index < -0.39 is 10.0 Å². The van der Waals surface area contributed by atoms with Crippen molar-refractivity contribution >= 4 is 15.7 Å². The molecule has 2 N–H and O–H groups in total. The minimum atomic E-state index is -3.49.